The van der Waals surface area contributed by atoms with Gasteiger partial charge in [-0.25, -0.2) is 0 Å². The summed E-state index contributed by atoms with van der Waals surface area (Å²) in [6.07, 6.45) is 14.7. The van der Waals surface area contributed by atoms with E-state index < -0.39 is 0 Å². The highest BCUT2D eigenvalue weighted by molar-refractivity contribution is 6.06. The largest absolute Gasteiger partial charge is 0.494 e. The lowest BCUT2D eigenvalue weighted by Gasteiger charge is -2.08. The molecule has 0 N–H and O–H groups in total. The van der Waals surface area contributed by atoms with E-state index in [0.717, 1.165) is 48.3 Å². The van der Waals surface area contributed by atoms with Gasteiger partial charge in [-0.2, -0.15) is 0 Å². The van der Waals surface area contributed by atoms with Gasteiger partial charge in [0.2, 0.25) is 0 Å². The van der Waals surface area contributed by atoms with Crippen LogP contribution in [0, 0.1) is 0 Å². The first-order valence-corrected chi connectivity index (χ1v) is 12.7. The molecule has 0 atom stereocenters. The normalized spacial score (nSPS) is 11.2. The molecule has 2 heterocycles. The van der Waals surface area contributed by atoms with E-state index in [2.05, 4.69) is 17.1 Å². The molecule has 0 saturated heterocycles. The van der Waals surface area contributed by atoms with Crippen LogP contribution in [0.15, 0.2) is 89.7 Å². The maximum absolute atomic E-state index is 12.2. The van der Waals surface area contributed by atoms with E-state index in [9.17, 15) is 4.79 Å². The molecule has 0 fully saturated rings. The summed E-state index contributed by atoms with van der Waals surface area (Å²) in [6, 6.07) is 21.0. The molecular weight excluding hydrogens is 450 g/mol. The number of aromatic nitrogens is 1. The molecule has 4 rings (SSSR count). The number of furan rings is 1. The smallest absolute Gasteiger partial charge is 0.185 e. The fourth-order valence-corrected chi connectivity index (χ4v) is 4.01. The van der Waals surface area contributed by atoms with E-state index in [0.29, 0.717) is 17.9 Å². The van der Waals surface area contributed by atoms with Crippen molar-refractivity contribution in [2.24, 2.45) is 0 Å². The zero-order valence-corrected chi connectivity index (χ0v) is 20.6. The van der Waals surface area contributed by atoms with E-state index in [4.69, 9.17) is 13.9 Å². The fraction of sp³-hybridized carbons (Fsp3) is 0.290. The van der Waals surface area contributed by atoms with Gasteiger partial charge in [-0.15, -0.1) is 0 Å². The van der Waals surface area contributed by atoms with Gasteiger partial charge in [0.25, 0.3) is 0 Å². The molecule has 5 heteroatoms. The second-order valence-corrected chi connectivity index (χ2v) is 8.74. The number of hydrogen-bond donors (Lipinski definition) is 0. The van der Waals surface area contributed by atoms with Gasteiger partial charge in [-0.3, -0.25) is 9.78 Å². The molecule has 0 aliphatic heterocycles. The van der Waals surface area contributed by atoms with Crippen molar-refractivity contribution in [2.45, 2.75) is 44.9 Å². The predicted molar refractivity (Wildman–Crippen MR) is 144 cm³/mol. The summed E-state index contributed by atoms with van der Waals surface area (Å²) >= 11 is 0. The van der Waals surface area contributed by atoms with Gasteiger partial charge in [-0.1, -0.05) is 50.3 Å². The number of nitrogens with zero attached hydrogens (tertiary/aromatic N) is 1. The van der Waals surface area contributed by atoms with Crippen LogP contribution >= 0.6 is 0 Å². The Morgan fingerprint density at radius 3 is 2.25 bits per heavy atom. The summed E-state index contributed by atoms with van der Waals surface area (Å²) in [6.45, 7) is 1.42. The molecule has 186 valence electrons. The molecule has 2 aromatic heterocycles. The van der Waals surface area contributed by atoms with Crippen LogP contribution < -0.4 is 9.47 Å². The van der Waals surface area contributed by atoms with Gasteiger partial charge in [0.1, 0.15) is 22.8 Å². The lowest BCUT2D eigenvalue weighted by molar-refractivity contribution is 0.104. The first-order chi connectivity index (χ1) is 17.8. The highest BCUT2D eigenvalue weighted by Gasteiger charge is 2.04. The van der Waals surface area contributed by atoms with E-state index in [1.807, 2.05) is 42.6 Å². The number of para-hydroxylation sites is 1. The van der Waals surface area contributed by atoms with Crippen LogP contribution in [0.5, 0.6) is 11.5 Å². The lowest BCUT2D eigenvalue weighted by Crippen LogP contribution is -1.99. The number of pyridine rings is 1. The average Bonchev–Trinajstić information content (AvgIpc) is 3.44. The van der Waals surface area contributed by atoms with Crippen LogP contribution in [0.3, 0.4) is 0 Å². The standard InChI is InChI=1S/C31H33NO4/c33-29(20-19-27-13-10-24-35-27)25-15-17-28(18-16-25)34-22-6-4-2-1-3-5-7-23-36-30-14-8-11-26-12-9-21-32-31(26)30/h8-21,24H,1-7,22-23H2/b20-19+. The zero-order chi connectivity index (χ0) is 24.8. The van der Waals surface area contributed by atoms with Crippen molar-refractivity contribution < 1.29 is 18.7 Å². The Kier molecular flexibility index (Phi) is 9.73. The van der Waals surface area contributed by atoms with Gasteiger partial charge in [0, 0.05) is 17.1 Å². The fourth-order valence-electron chi connectivity index (χ4n) is 4.01. The van der Waals surface area contributed by atoms with Crippen LogP contribution in [0.1, 0.15) is 61.1 Å². The number of ketones is 1. The number of benzene rings is 2. The Hall–Kier alpha value is -3.86. The molecular formula is C31H33NO4. The third-order valence-corrected chi connectivity index (χ3v) is 5.99. The topological polar surface area (TPSA) is 61.6 Å². The van der Waals surface area contributed by atoms with Crippen LogP contribution in [-0.2, 0) is 0 Å². The minimum Gasteiger partial charge on any atom is -0.494 e. The first kappa shape index (κ1) is 25.2. The summed E-state index contributed by atoms with van der Waals surface area (Å²) in [5.41, 5.74) is 1.56. The molecule has 5 nitrogen and oxygen atoms in total. The minimum atomic E-state index is -0.0601. The average molecular weight is 484 g/mol. The number of carbonyl (C=O) groups is 1. The zero-order valence-electron chi connectivity index (χ0n) is 20.6. The van der Waals surface area contributed by atoms with Crippen molar-refractivity contribution in [3.05, 3.63) is 96.6 Å². The van der Waals surface area contributed by atoms with Gasteiger partial charge < -0.3 is 13.9 Å². The van der Waals surface area contributed by atoms with Crippen LogP contribution in [0.2, 0.25) is 0 Å². The molecule has 0 aliphatic carbocycles. The quantitative estimate of drug-likeness (QED) is 0.0976. The summed E-state index contributed by atoms with van der Waals surface area (Å²) < 4.78 is 17.0. The Bertz CT molecular complexity index is 1220. The van der Waals surface area contributed by atoms with E-state index >= 15 is 0 Å². The maximum Gasteiger partial charge on any atom is 0.185 e. The number of fused-ring (bicyclic) bond motifs is 1. The summed E-state index contributed by atoms with van der Waals surface area (Å²) in [5, 5.41) is 1.11. The number of hydrogen-bond acceptors (Lipinski definition) is 5. The van der Waals surface area contributed by atoms with Gasteiger partial charge in [0.15, 0.2) is 5.78 Å². The molecule has 36 heavy (non-hydrogen) atoms. The summed E-state index contributed by atoms with van der Waals surface area (Å²) in [7, 11) is 0. The molecule has 0 saturated carbocycles. The molecule has 4 aromatic rings. The van der Waals surface area contributed by atoms with E-state index in [-0.39, 0.29) is 5.78 Å². The third-order valence-electron chi connectivity index (χ3n) is 5.99. The van der Waals surface area contributed by atoms with Crippen molar-refractivity contribution in [2.75, 3.05) is 13.2 Å². The van der Waals surface area contributed by atoms with Gasteiger partial charge >= 0.3 is 0 Å². The number of allylic oxidation sites excluding steroid dienone is 1. The van der Waals surface area contributed by atoms with Crippen molar-refractivity contribution in [1.29, 1.82) is 0 Å². The second-order valence-electron chi connectivity index (χ2n) is 8.74. The molecule has 0 amide bonds. The van der Waals surface area contributed by atoms with Crippen molar-refractivity contribution in [1.82, 2.24) is 4.98 Å². The third kappa shape index (κ3) is 7.84. The van der Waals surface area contributed by atoms with E-state index in [1.54, 1.807) is 30.5 Å². The van der Waals surface area contributed by atoms with E-state index in [1.165, 1.54) is 31.8 Å². The van der Waals surface area contributed by atoms with Crippen LogP contribution in [0.25, 0.3) is 17.0 Å². The number of rotatable bonds is 15. The number of ether oxygens (including phenoxy) is 2. The molecule has 0 bridgehead atoms. The second kappa shape index (κ2) is 13.9. The predicted octanol–water partition coefficient (Wildman–Crippen LogP) is 7.91. The maximum atomic E-state index is 12.2. The lowest BCUT2D eigenvalue weighted by atomic mass is 10.1. The Morgan fingerprint density at radius 1 is 0.778 bits per heavy atom. The molecule has 0 aliphatic rings. The molecule has 0 unspecified atom stereocenters. The highest BCUT2D eigenvalue weighted by Crippen LogP contribution is 2.23. The van der Waals surface area contributed by atoms with Crippen molar-refractivity contribution >= 4 is 22.8 Å². The molecule has 0 spiro atoms. The Morgan fingerprint density at radius 2 is 1.50 bits per heavy atom. The Labute approximate surface area is 212 Å². The number of carbonyl (C=O) groups excluding carboxylic acids is 1. The monoisotopic (exact) mass is 483 g/mol. The molecule has 0 radical (unpaired) electrons. The van der Waals surface area contributed by atoms with Gasteiger partial charge in [0.05, 0.1) is 19.5 Å². The van der Waals surface area contributed by atoms with Crippen molar-refractivity contribution in [3.8, 4) is 11.5 Å². The summed E-state index contributed by atoms with van der Waals surface area (Å²) in [5.74, 6) is 2.27. The first-order valence-electron chi connectivity index (χ1n) is 12.7. The van der Waals surface area contributed by atoms with Crippen LogP contribution in [-0.4, -0.2) is 24.0 Å². The van der Waals surface area contributed by atoms with Crippen LogP contribution in [0.4, 0.5) is 0 Å². The highest BCUT2D eigenvalue weighted by atomic mass is 16.5. The molecule has 2 aromatic carbocycles. The van der Waals surface area contributed by atoms with Gasteiger partial charge in [-0.05, 0) is 73.5 Å². The Balaban J connectivity index is 1.02. The number of unbranched alkanes of at least 4 members (excludes halogenated alkanes) is 6. The summed E-state index contributed by atoms with van der Waals surface area (Å²) in [4.78, 5) is 16.7. The van der Waals surface area contributed by atoms with Crippen molar-refractivity contribution in [3.63, 3.8) is 0 Å². The SMILES string of the molecule is O=C(/C=C/c1ccco1)c1ccc(OCCCCCCCCCOc2cccc3cccnc23)cc1. The minimum absolute atomic E-state index is 0.0601.